The van der Waals surface area contributed by atoms with Gasteiger partial charge in [0.1, 0.15) is 17.3 Å². The molecule has 1 N–H and O–H groups in total. The van der Waals surface area contributed by atoms with E-state index in [2.05, 4.69) is 5.32 Å². The number of ketones is 1. The SMILES string of the molecule is CCN(CC(=O)Nc1c(F)cccc1F)C(=O)CCC(=O)c1ccc(C)c(C)c1. The maximum absolute atomic E-state index is 13.6. The van der Waals surface area contributed by atoms with Crippen molar-refractivity contribution in [3.63, 3.8) is 0 Å². The number of hydrogen-bond acceptors (Lipinski definition) is 3. The van der Waals surface area contributed by atoms with Crippen LogP contribution < -0.4 is 5.32 Å². The molecule has 7 heteroatoms. The van der Waals surface area contributed by atoms with Gasteiger partial charge in [0, 0.05) is 24.9 Å². The van der Waals surface area contributed by atoms with E-state index in [1.165, 1.54) is 11.0 Å². The molecule has 29 heavy (non-hydrogen) atoms. The van der Waals surface area contributed by atoms with Gasteiger partial charge in [0.25, 0.3) is 0 Å². The Hall–Kier alpha value is -3.09. The highest BCUT2D eigenvalue weighted by atomic mass is 19.1. The molecule has 0 aliphatic heterocycles. The summed E-state index contributed by atoms with van der Waals surface area (Å²) in [5.41, 5.74) is 2.06. The average molecular weight is 402 g/mol. The summed E-state index contributed by atoms with van der Waals surface area (Å²) in [6.07, 6.45) is -0.0394. The van der Waals surface area contributed by atoms with Gasteiger partial charge in [-0.2, -0.15) is 0 Å². The van der Waals surface area contributed by atoms with Crippen molar-refractivity contribution in [2.24, 2.45) is 0 Å². The summed E-state index contributed by atoms with van der Waals surface area (Å²) in [4.78, 5) is 38.1. The molecule has 0 aliphatic rings. The number of aryl methyl sites for hydroxylation is 2. The summed E-state index contributed by atoms with van der Waals surface area (Å²) in [6.45, 7) is 5.41. The molecule has 0 fully saturated rings. The third-order valence-electron chi connectivity index (χ3n) is 4.69. The minimum Gasteiger partial charge on any atom is -0.334 e. The fourth-order valence-corrected chi connectivity index (χ4v) is 2.78. The molecule has 0 saturated heterocycles. The van der Waals surface area contributed by atoms with E-state index < -0.39 is 23.2 Å². The normalized spacial score (nSPS) is 10.5. The predicted molar refractivity (Wildman–Crippen MR) is 107 cm³/mol. The number of para-hydroxylation sites is 1. The van der Waals surface area contributed by atoms with E-state index in [-0.39, 0.29) is 37.6 Å². The summed E-state index contributed by atoms with van der Waals surface area (Å²) in [7, 11) is 0. The third-order valence-corrected chi connectivity index (χ3v) is 4.69. The molecule has 2 aromatic rings. The second-order valence-electron chi connectivity index (χ2n) is 6.77. The molecule has 2 amide bonds. The van der Waals surface area contributed by atoms with E-state index in [1.807, 2.05) is 19.9 Å². The molecule has 5 nitrogen and oxygen atoms in total. The molecule has 0 saturated carbocycles. The molecule has 0 spiro atoms. The summed E-state index contributed by atoms with van der Waals surface area (Å²) in [6, 6.07) is 8.61. The van der Waals surface area contributed by atoms with Crippen molar-refractivity contribution in [2.75, 3.05) is 18.4 Å². The van der Waals surface area contributed by atoms with Crippen molar-refractivity contribution in [1.29, 1.82) is 0 Å². The van der Waals surface area contributed by atoms with Crippen molar-refractivity contribution in [1.82, 2.24) is 4.90 Å². The number of halogens is 2. The van der Waals surface area contributed by atoms with Gasteiger partial charge in [-0.25, -0.2) is 8.78 Å². The number of benzene rings is 2. The van der Waals surface area contributed by atoms with E-state index in [4.69, 9.17) is 0 Å². The summed E-state index contributed by atoms with van der Waals surface area (Å²) in [5.74, 6) is -3.05. The number of hydrogen-bond donors (Lipinski definition) is 1. The van der Waals surface area contributed by atoms with E-state index in [0.29, 0.717) is 5.56 Å². The number of likely N-dealkylation sites (N-methyl/N-ethyl adjacent to an activating group) is 1. The van der Waals surface area contributed by atoms with Crippen LogP contribution in [0.5, 0.6) is 0 Å². The number of nitrogens with one attached hydrogen (secondary N) is 1. The largest absolute Gasteiger partial charge is 0.334 e. The highest BCUT2D eigenvalue weighted by Crippen LogP contribution is 2.18. The van der Waals surface area contributed by atoms with Crippen molar-refractivity contribution < 1.29 is 23.2 Å². The first-order chi connectivity index (χ1) is 13.7. The van der Waals surface area contributed by atoms with Crippen molar-refractivity contribution in [2.45, 2.75) is 33.6 Å². The monoisotopic (exact) mass is 402 g/mol. The lowest BCUT2D eigenvalue weighted by Gasteiger charge is -2.20. The van der Waals surface area contributed by atoms with Crippen LogP contribution in [0.1, 0.15) is 41.3 Å². The first-order valence-corrected chi connectivity index (χ1v) is 9.35. The number of carbonyl (C=O) groups excluding carboxylic acids is 3. The van der Waals surface area contributed by atoms with Crippen molar-refractivity contribution in [3.8, 4) is 0 Å². The average Bonchev–Trinajstić information content (AvgIpc) is 2.69. The van der Waals surface area contributed by atoms with Gasteiger partial charge >= 0.3 is 0 Å². The topological polar surface area (TPSA) is 66.5 Å². The Bertz CT molecular complexity index is 908. The fraction of sp³-hybridized carbons (Fsp3) is 0.318. The van der Waals surface area contributed by atoms with Crippen LogP contribution in [0.2, 0.25) is 0 Å². The summed E-state index contributed by atoms with van der Waals surface area (Å²) in [5, 5.41) is 2.15. The van der Waals surface area contributed by atoms with Gasteiger partial charge in [0.05, 0.1) is 6.54 Å². The minimum atomic E-state index is -0.897. The molecular weight excluding hydrogens is 378 g/mol. The number of carbonyl (C=O) groups is 3. The highest BCUT2D eigenvalue weighted by molar-refractivity contribution is 5.99. The van der Waals surface area contributed by atoms with Crippen LogP contribution in [0.4, 0.5) is 14.5 Å². The summed E-state index contributed by atoms with van der Waals surface area (Å²) < 4.78 is 27.3. The number of Topliss-reactive ketones (excluding diaryl/α,β-unsaturated/α-hetero) is 1. The smallest absolute Gasteiger partial charge is 0.244 e. The van der Waals surface area contributed by atoms with Crippen LogP contribution >= 0.6 is 0 Å². The van der Waals surface area contributed by atoms with E-state index >= 15 is 0 Å². The molecule has 0 unspecified atom stereocenters. The Labute approximate surface area is 168 Å². The molecule has 0 aromatic heterocycles. The fourth-order valence-electron chi connectivity index (χ4n) is 2.78. The van der Waals surface area contributed by atoms with Gasteiger partial charge in [-0.15, -0.1) is 0 Å². The summed E-state index contributed by atoms with van der Waals surface area (Å²) >= 11 is 0. The van der Waals surface area contributed by atoms with Gasteiger partial charge in [-0.1, -0.05) is 18.2 Å². The van der Waals surface area contributed by atoms with Crippen LogP contribution in [-0.2, 0) is 9.59 Å². The Morgan fingerprint density at radius 2 is 1.62 bits per heavy atom. The Balaban J connectivity index is 1.93. The molecule has 0 aliphatic carbocycles. The maximum Gasteiger partial charge on any atom is 0.244 e. The van der Waals surface area contributed by atoms with Gasteiger partial charge in [-0.3, -0.25) is 14.4 Å². The second kappa shape index (κ2) is 9.91. The van der Waals surface area contributed by atoms with Gasteiger partial charge in [0.2, 0.25) is 11.8 Å². The highest BCUT2D eigenvalue weighted by Gasteiger charge is 2.19. The lowest BCUT2D eigenvalue weighted by molar-refractivity contribution is -0.134. The number of amides is 2. The van der Waals surface area contributed by atoms with Gasteiger partial charge < -0.3 is 10.2 Å². The second-order valence-corrected chi connectivity index (χ2v) is 6.77. The van der Waals surface area contributed by atoms with Crippen LogP contribution in [0.15, 0.2) is 36.4 Å². The molecule has 2 rings (SSSR count). The molecule has 0 heterocycles. The predicted octanol–water partition coefficient (Wildman–Crippen LogP) is 4.03. The molecule has 2 aromatic carbocycles. The lowest BCUT2D eigenvalue weighted by Crippen LogP contribution is -2.38. The van der Waals surface area contributed by atoms with Crippen molar-refractivity contribution in [3.05, 3.63) is 64.7 Å². The first-order valence-electron chi connectivity index (χ1n) is 9.35. The zero-order valence-electron chi connectivity index (χ0n) is 16.7. The van der Waals surface area contributed by atoms with Crippen LogP contribution in [-0.4, -0.2) is 35.6 Å². The Kier molecular flexibility index (Phi) is 7.59. The maximum atomic E-state index is 13.6. The van der Waals surface area contributed by atoms with Crippen molar-refractivity contribution >= 4 is 23.3 Å². The van der Waals surface area contributed by atoms with Crippen LogP contribution in [0.25, 0.3) is 0 Å². The Morgan fingerprint density at radius 1 is 0.966 bits per heavy atom. The third kappa shape index (κ3) is 5.94. The molecule has 0 atom stereocenters. The zero-order chi connectivity index (χ0) is 21.6. The van der Waals surface area contributed by atoms with E-state index in [1.54, 1.807) is 19.1 Å². The molecule has 0 bridgehead atoms. The van der Waals surface area contributed by atoms with Gasteiger partial charge in [0.15, 0.2) is 5.78 Å². The molecular formula is C22H24F2N2O3. The van der Waals surface area contributed by atoms with Gasteiger partial charge in [-0.05, 0) is 50.1 Å². The number of rotatable bonds is 8. The van der Waals surface area contributed by atoms with Crippen LogP contribution in [0, 0.1) is 25.5 Å². The molecule has 154 valence electrons. The molecule has 0 radical (unpaired) electrons. The Morgan fingerprint density at radius 3 is 2.21 bits per heavy atom. The number of anilines is 1. The quantitative estimate of drug-likeness (QED) is 0.678. The number of nitrogens with zero attached hydrogens (tertiary/aromatic N) is 1. The lowest BCUT2D eigenvalue weighted by atomic mass is 10.0. The van der Waals surface area contributed by atoms with Crippen LogP contribution in [0.3, 0.4) is 0 Å². The standard InChI is InChI=1S/C22H24F2N2O3/c1-4-26(13-20(28)25-22-17(23)6-5-7-18(22)24)21(29)11-10-19(27)16-9-8-14(2)15(3)12-16/h5-9,12H,4,10-11,13H2,1-3H3,(H,25,28). The first kappa shape index (κ1) is 22.2. The zero-order valence-corrected chi connectivity index (χ0v) is 16.7. The van der Waals surface area contributed by atoms with E-state index in [0.717, 1.165) is 23.3 Å². The van der Waals surface area contributed by atoms with E-state index in [9.17, 15) is 23.2 Å². The minimum absolute atomic E-state index is 0.0153.